The third kappa shape index (κ3) is 3.14. The second-order valence-corrected chi connectivity index (χ2v) is 7.01. The number of thioether (sulfide) groups is 1. The van der Waals surface area contributed by atoms with E-state index in [9.17, 15) is 4.79 Å². The van der Waals surface area contributed by atoms with E-state index in [0.29, 0.717) is 16.7 Å². The van der Waals surface area contributed by atoms with Crippen molar-refractivity contribution in [2.75, 3.05) is 11.2 Å². The molecule has 1 atom stereocenters. The van der Waals surface area contributed by atoms with Gasteiger partial charge in [0, 0.05) is 18.1 Å². The molecule has 2 heterocycles. The summed E-state index contributed by atoms with van der Waals surface area (Å²) in [6, 6.07) is 15.5. The average molecular weight is 378 g/mol. The summed E-state index contributed by atoms with van der Waals surface area (Å²) in [6.07, 6.45) is 1.24. The van der Waals surface area contributed by atoms with Gasteiger partial charge in [0.25, 0.3) is 0 Å². The van der Waals surface area contributed by atoms with Crippen LogP contribution < -0.4 is 9.64 Å². The lowest BCUT2D eigenvalue weighted by Crippen LogP contribution is -2.36. The maximum absolute atomic E-state index is 12.6. The summed E-state index contributed by atoms with van der Waals surface area (Å²) in [5, 5.41) is 9.00. The molecule has 2 aromatic carbocycles. The van der Waals surface area contributed by atoms with E-state index in [1.54, 1.807) is 4.90 Å². The Morgan fingerprint density at radius 3 is 2.56 bits per heavy atom. The van der Waals surface area contributed by atoms with Crippen molar-refractivity contribution < 1.29 is 9.53 Å². The van der Waals surface area contributed by atoms with Crippen LogP contribution in [-0.2, 0) is 4.79 Å². The number of nitrogens with zero attached hydrogens (tertiary/aromatic N) is 4. The molecule has 1 aliphatic rings. The number of benzene rings is 2. The minimum atomic E-state index is -0.642. The normalized spacial score (nSPS) is 15.4. The van der Waals surface area contributed by atoms with Crippen molar-refractivity contribution in [2.45, 2.75) is 25.2 Å². The number of rotatable bonds is 2. The predicted octanol–water partition coefficient (Wildman–Crippen LogP) is 4.01. The second-order valence-electron chi connectivity index (χ2n) is 6.24. The molecule has 136 valence electrons. The van der Waals surface area contributed by atoms with Gasteiger partial charge in [0.15, 0.2) is 5.69 Å². The van der Waals surface area contributed by atoms with Crippen molar-refractivity contribution in [1.29, 1.82) is 0 Å². The number of para-hydroxylation sites is 1. The predicted molar refractivity (Wildman–Crippen MR) is 105 cm³/mol. The number of hydrogen-bond donors (Lipinski definition) is 0. The van der Waals surface area contributed by atoms with Crippen LogP contribution in [0.1, 0.15) is 24.3 Å². The molecular weight excluding hydrogens is 360 g/mol. The van der Waals surface area contributed by atoms with Crippen LogP contribution in [0.5, 0.6) is 5.88 Å². The summed E-state index contributed by atoms with van der Waals surface area (Å²) >= 11 is 1.39. The van der Waals surface area contributed by atoms with Gasteiger partial charge >= 0.3 is 0 Å². The first-order valence-electron chi connectivity index (χ1n) is 8.49. The number of anilines is 1. The highest BCUT2D eigenvalue weighted by Gasteiger charge is 2.34. The fourth-order valence-electron chi connectivity index (χ4n) is 3.09. The van der Waals surface area contributed by atoms with Crippen molar-refractivity contribution in [3.63, 3.8) is 0 Å². The lowest BCUT2D eigenvalue weighted by molar-refractivity contribution is -0.118. The third-order valence-corrected chi connectivity index (χ3v) is 4.93. The second kappa shape index (κ2) is 7.00. The lowest BCUT2D eigenvalue weighted by atomic mass is 10.1. The van der Waals surface area contributed by atoms with Crippen molar-refractivity contribution in [3.05, 3.63) is 59.7 Å². The molecular formula is C20H18N4O2S. The van der Waals surface area contributed by atoms with E-state index in [1.807, 2.05) is 61.7 Å². The van der Waals surface area contributed by atoms with Crippen LogP contribution in [0.3, 0.4) is 0 Å². The van der Waals surface area contributed by atoms with E-state index in [1.165, 1.54) is 18.7 Å². The van der Waals surface area contributed by atoms with E-state index in [2.05, 4.69) is 15.2 Å². The fourth-order valence-corrected chi connectivity index (χ4v) is 3.38. The van der Waals surface area contributed by atoms with Crippen LogP contribution in [0, 0.1) is 6.92 Å². The standard InChI is InChI=1S/C20H18N4O2S/c1-12-8-10-14(11-9-12)19-24(13(2)25)16-7-5-4-6-15(16)17-18(26-19)21-20(27-3)23-22-17/h4-11,19H,1-3H3/t19-/m0/s1. The van der Waals surface area contributed by atoms with Crippen molar-refractivity contribution in [1.82, 2.24) is 15.2 Å². The molecule has 1 aliphatic heterocycles. The van der Waals surface area contributed by atoms with Crippen LogP contribution in [-0.4, -0.2) is 27.3 Å². The van der Waals surface area contributed by atoms with Crippen LogP contribution in [0.4, 0.5) is 5.69 Å². The molecule has 0 spiro atoms. The van der Waals surface area contributed by atoms with Gasteiger partial charge in [-0.25, -0.2) is 0 Å². The Bertz CT molecular complexity index is 1010. The molecule has 4 rings (SSSR count). The first-order valence-corrected chi connectivity index (χ1v) is 9.72. The molecule has 0 N–H and O–H groups in total. The summed E-state index contributed by atoms with van der Waals surface area (Å²) in [7, 11) is 0. The average Bonchev–Trinajstić information content (AvgIpc) is 2.82. The zero-order valence-electron chi connectivity index (χ0n) is 15.2. The van der Waals surface area contributed by atoms with Gasteiger partial charge in [0.1, 0.15) is 0 Å². The number of ether oxygens (including phenoxy) is 1. The maximum Gasteiger partial charge on any atom is 0.247 e. The van der Waals surface area contributed by atoms with Gasteiger partial charge in [-0.1, -0.05) is 59.8 Å². The van der Waals surface area contributed by atoms with E-state index in [-0.39, 0.29) is 5.91 Å². The topological polar surface area (TPSA) is 68.2 Å². The Morgan fingerprint density at radius 2 is 1.85 bits per heavy atom. The van der Waals surface area contributed by atoms with Gasteiger partial charge < -0.3 is 4.74 Å². The summed E-state index contributed by atoms with van der Waals surface area (Å²) in [4.78, 5) is 18.8. The van der Waals surface area contributed by atoms with Gasteiger partial charge in [-0.15, -0.1) is 10.2 Å². The van der Waals surface area contributed by atoms with Crippen molar-refractivity contribution >= 4 is 23.4 Å². The van der Waals surface area contributed by atoms with Crippen LogP contribution in [0.25, 0.3) is 11.3 Å². The van der Waals surface area contributed by atoms with Gasteiger partial charge in [0.2, 0.25) is 23.2 Å². The summed E-state index contributed by atoms with van der Waals surface area (Å²) < 4.78 is 6.26. The highest BCUT2D eigenvalue weighted by molar-refractivity contribution is 7.98. The largest absolute Gasteiger partial charge is 0.447 e. The van der Waals surface area contributed by atoms with Crippen molar-refractivity contribution in [3.8, 4) is 17.1 Å². The number of amides is 1. The molecule has 27 heavy (non-hydrogen) atoms. The Balaban J connectivity index is 1.96. The van der Waals surface area contributed by atoms with E-state index < -0.39 is 6.23 Å². The smallest absolute Gasteiger partial charge is 0.247 e. The fraction of sp³-hybridized carbons (Fsp3) is 0.200. The molecule has 0 fully saturated rings. The summed E-state index contributed by atoms with van der Waals surface area (Å²) in [6.45, 7) is 3.55. The highest BCUT2D eigenvalue weighted by atomic mass is 32.2. The van der Waals surface area contributed by atoms with Crippen molar-refractivity contribution in [2.24, 2.45) is 0 Å². The molecule has 0 radical (unpaired) electrons. The maximum atomic E-state index is 12.6. The van der Waals surface area contributed by atoms with Crippen LogP contribution in [0.15, 0.2) is 53.7 Å². The Hall–Kier alpha value is -2.93. The molecule has 0 saturated heterocycles. The number of aryl methyl sites for hydroxylation is 1. The van der Waals surface area contributed by atoms with Gasteiger partial charge in [0.05, 0.1) is 5.69 Å². The molecule has 7 heteroatoms. The molecule has 1 amide bonds. The summed E-state index contributed by atoms with van der Waals surface area (Å²) in [5.74, 6) is 0.245. The van der Waals surface area contributed by atoms with E-state index in [0.717, 1.165) is 22.4 Å². The first kappa shape index (κ1) is 17.5. The molecule has 3 aromatic rings. The lowest BCUT2D eigenvalue weighted by Gasteiger charge is -2.29. The highest BCUT2D eigenvalue weighted by Crippen LogP contribution is 2.43. The quantitative estimate of drug-likeness (QED) is 0.628. The van der Waals surface area contributed by atoms with E-state index in [4.69, 9.17) is 4.74 Å². The molecule has 1 aromatic heterocycles. The van der Waals surface area contributed by atoms with Gasteiger partial charge in [-0.05, 0) is 19.2 Å². The third-order valence-electron chi connectivity index (χ3n) is 4.40. The molecule has 0 bridgehead atoms. The number of carbonyl (C=O) groups excluding carboxylic acids is 1. The number of aromatic nitrogens is 3. The molecule has 0 saturated carbocycles. The molecule has 0 aliphatic carbocycles. The minimum absolute atomic E-state index is 0.126. The molecule has 0 unspecified atom stereocenters. The minimum Gasteiger partial charge on any atom is -0.447 e. The number of hydrogen-bond acceptors (Lipinski definition) is 6. The Labute approximate surface area is 161 Å². The zero-order valence-corrected chi connectivity index (χ0v) is 16.0. The number of fused-ring (bicyclic) bond motifs is 3. The Kier molecular flexibility index (Phi) is 4.53. The van der Waals surface area contributed by atoms with Crippen LogP contribution in [0.2, 0.25) is 0 Å². The summed E-state index contributed by atoms with van der Waals surface area (Å²) in [5.41, 5.74) is 4.02. The first-order chi connectivity index (χ1) is 13.1. The van der Waals surface area contributed by atoms with Crippen LogP contribution >= 0.6 is 11.8 Å². The van der Waals surface area contributed by atoms with Gasteiger partial charge in [-0.3, -0.25) is 9.69 Å². The zero-order chi connectivity index (χ0) is 19.0. The SMILES string of the molecule is CSc1nnc2c(n1)O[C@@H](c1ccc(C)cc1)N(C(C)=O)c1ccccc1-2. The number of carbonyl (C=O) groups is 1. The Morgan fingerprint density at radius 1 is 1.11 bits per heavy atom. The van der Waals surface area contributed by atoms with E-state index >= 15 is 0 Å². The van der Waals surface area contributed by atoms with Gasteiger partial charge in [-0.2, -0.15) is 4.98 Å². The monoisotopic (exact) mass is 378 g/mol. The molecule has 6 nitrogen and oxygen atoms in total.